The van der Waals surface area contributed by atoms with Gasteiger partial charge in [0.25, 0.3) is 5.91 Å². The Hall–Kier alpha value is -3.93. The zero-order valence-corrected chi connectivity index (χ0v) is 15.9. The van der Waals surface area contributed by atoms with Gasteiger partial charge in [-0.05, 0) is 36.4 Å². The van der Waals surface area contributed by atoms with Crippen molar-refractivity contribution in [2.45, 2.75) is 6.10 Å². The predicted octanol–water partition coefficient (Wildman–Crippen LogP) is 4.52. The van der Waals surface area contributed by atoms with Crippen LogP contribution in [0.1, 0.15) is 17.2 Å². The molecule has 30 heavy (non-hydrogen) atoms. The molecule has 1 amide bonds. The Labute approximate surface area is 172 Å². The highest BCUT2D eigenvalue weighted by molar-refractivity contribution is 6.00. The van der Waals surface area contributed by atoms with E-state index in [1.54, 1.807) is 36.4 Å². The lowest BCUT2D eigenvalue weighted by Gasteiger charge is -2.21. The Morgan fingerprint density at radius 3 is 2.40 bits per heavy atom. The zero-order valence-electron chi connectivity index (χ0n) is 15.9. The number of para-hydroxylation sites is 1. The summed E-state index contributed by atoms with van der Waals surface area (Å²) in [5.74, 6) is -0.919. The van der Waals surface area contributed by atoms with Gasteiger partial charge in [0.1, 0.15) is 18.2 Å². The van der Waals surface area contributed by atoms with Crippen molar-refractivity contribution in [3.05, 3.63) is 101 Å². The molecule has 3 aromatic carbocycles. The van der Waals surface area contributed by atoms with Crippen LogP contribution in [-0.4, -0.2) is 18.5 Å². The van der Waals surface area contributed by atoms with E-state index in [0.29, 0.717) is 22.6 Å². The van der Waals surface area contributed by atoms with Crippen LogP contribution in [0.4, 0.5) is 10.1 Å². The van der Waals surface area contributed by atoms with Gasteiger partial charge >= 0.3 is 5.97 Å². The van der Waals surface area contributed by atoms with Gasteiger partial charge < -0.3 is 14.8 Å². The summed E-state index contributed by atoms with van der Waals surface area (Å²) in [6.07, 6.45) is 0.517. The average molecular weight is 403 g/mol. The van der Waals surface area contributed by atoms with Crippen molar-refractivity contribution in [1.29, 1.82) is 0 Å². The van der Waals surface area contributed by atoms with Crippen LogP contribution in [0.3, 0.4) is 0 Å². The smallest absolute Gasteiger partial charge is 0.338 e. The molecule has 4 rings (SSSR count). The van der Waals surface area contributed by atoms with Crippen LogP contribution >= 0.6 is 0 Å². The van der Waals surface area contributed by atoms with Crippen molar-refractivity contribution < 1.29 is 23.5 Å². The molecule has 0 aliphatic carbocycles. The lowest BCUT2D eigenvalue weighted by molar-refractivity contribution is -0.151. The highest BCUT2D eigenvalue weighted by Crippen LogP contribution is 2.28. The van der Waals surface area contributed by atoms with Crippen LogP contribution in [0.25, 0.3) is 6.08 Å². The van der Waals surface area contributed by atoms with E-state index in [9.17, 15) is 14.0 Å². The number of benzene rings is 3. The molecular formula is C24H18FNO4. The van der Waals surface area contributed by atoms with Gasteiger partial charge in [0.2, 0.25) is 6.10 Å². The van der Waals surface area contributed by atoms with Crippen molar-refractivity contribution >= 4 is 23.6 Å². The molecule has 0 unspecified atom stereocenters. The second-order valence-corrected chi connectivity index (χ2v) is 6.69. The van der Waals surface area contributed by atoms with Crippen molar-refractivity contribution in [2.24, 2.45) is 0 Å². The Balaban J connectivity index is 1.56. The Morgan fingerprint density at radius 1 is 0.933 bits per heavy atom. The third kappa shape index (κ3) is 4.38. The van der Waals surface area contributed by atoms with E-state index in [2.05, 4.69) is 5.32 Å². The molecular weight excluding hydrogens is 385 g/mol. The van der Waals surface area contributed by atoms with Crippen molar-refractivity contribution in [3.8, 4) is 5.75 Å². The van der Waals surface area contributed by atoms with Gasteiger partial charge in [0.15, 0.2) is 0 Å². The largest absolute Gasteiger partial charge is 0.488 e. The number of carbonyl (C=O) groups is 2. The van der Waals surface area contributed by atoms with Gasteiger partial charge in [-0.25, -0.2) is 9.18 Å². The third-order valence-electron chi connectivity index (χ3n) is 4.57. The quantitative estimate of drug-likeness (QED) is 0.636. The molecule has 5 nitrogen and oxygen atoms in total. The van der Waals surface area contributed by atoms with E-state index in [-0.39, 0.29) is 6.61 Å². The molecule has 0 radical (unpaired) electrons. The molecule has 0 aromatic heterocycles. The average Bonchev–Trinajstić information content (AvgIpc) is 2.79. The van der Waals surface area contributed by atoms with Crippen molar-refractivity contribution in [2.75, 3.05) is 11.9 Å². The fourth-order valence-electron chi connectivity index (χ4n) is 3.06. The molecule has 0 fully saturated rings. The Kier molecular flexibility index (Phi) is 5.57. The highest BCUT2D eigenvalue weighted by atomic mass is 19.1. The van der Waals surface area contributed by atoms with Gasteiger partial charge in [-0.2, -0.15) is 0 Å². The minimum Gasteiger partial charge on any atom is -0.488 e. The topological polar surface area (TPSA) is 64.6 Å². The lowest BCUT2D eigenvalue weighted by Crippen LogP contribution is -2.27. The maximum atomic E-state index is 13.1. The molecule has 0 bridgehead atoms. The molecule has 6 heteroatoms. The maximum Gasteiger partial charge on any atom is 0.338 e. The third-order valence-corrected chi connectivity index (χ3v) is 4.57. The van der Waals surface area contributed by atoms with E-state index in [1.807, 2.05) is 24.3 Å². The van der Waals surface area contributed by atoms with Gasteiger partial charge in [-0.15, -0.1) is 0 Å². The summed E-state index contributed by atoms with van der Waals surface area (Å²) in [7, 11) is 0. The summed E-state index contributed by atoms with van der Waals surface area (Å²) in [5, 5.41) is 2.66. The number of esters is 1. The molecule has 1 aliphatic rings. The molecule has 3 aromatic rings. The zero-order chi connectivity index (χ0) is 20.9. The molecule has 1 atom stereocenters. The number of hydrogen-bond donors (Lipinski definition) is 1. The second kappa shape index (κ2) is 8.61. The summed E-state index contributed by atoms with van der Waals surface area (Å²) < 4.78 is 24.3. The van der Waals surface area contributed by atoms with Gasteiger partial charge in [0.05, 0.1) is 5.57 Å². The number of hydrogen-bond acceptors (Lipinski definition) is 4. The first-order valence-electron chi connectivity index (χ1n) is 9.35. The van der Waals surface area contributed by atoms with E-state index in [4.69, 9.17) is 9.47 Å². The minimum atomic E-state index is -1.18. The Bertz CT molecular complexity index is 1090. The summed E-state index contributed by atoms with van der Waals surface area (Å²) >= 11 is 0. The summed E-state index contributed by atoms with van der Waals surface area (Å²) in [6.45, 7) is 0.0525. The first-order chi connectivity index (χ1) is 14.6. The summed E-state index contributed by atoms with van der Waals surface area (Å²) in [6, 6.07) is 21.4. The monoisotopic (exact) mass is 403 g/mol. The molecule has 1 aliphatic heterocycles. The molecule has 0 saturated carbocycles. The molecule has 0 spiro atoms. The number of ether oxygens (including phenoxy) is 2. The first kappa shape index (κ1) is 19.4. The fourth-order valence-corrected chi connectivity index (χ4v) is 3.06. The first-order valence-corrected chi connectivity index (χ1v) is 9.35. The van der Waals surface area contributed by atoms with E-state index in [1.165, 1.54) is 24.3 Å². The molecule has 1 N–H and O–H groups in total. The number of amides is 1. The van der Waals surface area contributed by atoms with Gasteiger partial charge in [-0.1, -0.05) is 48.5 Å². The number of anilines is 1. The number of carbonyl (C=O) groups excluding carboxylic acids is 2. The SMILES string of the molecule is O=C(O[C@H](C(=O)Nc1ccc(F)cc1)c1ccccc1)C1=Cc2ccccc2OC1. The standard InChI is InChI=1S/C24H18FNO4/c25-19-10-12-20(13-11-19)26-23(27)22(16-6-2-1-3-7-16)30-24(28)18-14-17-8-4-5-9-21(17)29-15-18/h1-14,22H,15H2,(H,26,27)/t22-/m0/s1. The molecule has 1 heterocycles. The van der Waals surface area contributed by atoms with Crippen LogP contribution in [0.5, 0.6) is 5.75 Å². The van der Waals surface area contributed by atoms with E-state index < -0.39 is 23.8 Å². The number of fused-ring (bicyclic) bond motifs is 1. The van der Waals surface area contributed by atoms with Crippen LogP contribution < -0.4 is 10.1 Å². The summed E-state index contributed by atoms with van der Waals surface area (Å²) in [4.78, 5) is 25.7. The number of nitrogens with one attached hydrogen (secondary N) is 1. The van der Waals surface area contributed by atoms with Crippen LogP contribution in [-0.2, 0) is 14.3 Å². The van der Waals surface area contributed by atoms with E-state index >= 15 is 0 Å². The Morgan fingerprint density at radius 2 is 1.63 bits per heavy atom. The minimum absolute atomic E-state index is 0.0525. The number of rotatable bonds is 5. The van der Waals surface area contributed by atoms with E-state index in [0.717, 1.165) is 5.56 Å². The fraction of sp³-hybridized carbons (Fsp3) is 0.0833. The molecule has 0 saturated heterocycles. The normalized spacial score (nSPS) is 13.3. The van der Waals surface area contributed by atoms with Gasteiger partial charge in [-0.3, -0.25) is 4.79 Å². The van der Waals surface area contributed by atoms with Crippen LogP contribution in [0.2, 0.25) is 0 Å². The second-order valence-electron chi connectivity index (χ2n) is 6.69. The highest BCUT2D eigenvalue weighted by Gasteiger charge is 2.28. The van der Waals surface area contributed by atoms with Gasteiger partial charge in [0, 0.05) is 16.8 Å². The summed E-state index contributed by atoms with van der Waals surface area (Å²) in [5.41, 5.74) is 1.99. The predicted molar refractivity (Wildman–Crippen MR) is 110 cm³/mol. The molecule has 150 valence electrons. The van der Waals surface area contributed by atoms with Crippen LogP contribution in [0.15, 0.2) is 84.4 Å². The number of halogens is 1. The maximum absolute atomic E-state index is 13.1. The van der Waals surface area contributed by atoms with Crippen molar-refractivity contribution in [1.82, 2.24) is 0 Å². The van der Waals surface area contributed by atoms with Crippen molar-refractivity contribution in [3.63, 3.8) is 0 Å². The van der Waals surface area contributed by atoms with Crippen LogP contribution in [0, 0.1) is 5.82 Å². The lowest BCUT2D eigenvalue weighted by atomic mass is 10.1.